The van der Waals surface area contributed by atoms with Gasteiger partial charge in [-0.2, -0.15) is 0 Å². The molecule has 1 fully saturated rings. The summed E-state index contributed by atoms with van der Waals surface area (Å²) in [4.78, 5) is 34.3. The molecule has 4 rings (SSSR count). The van der Waals surface area contributed by atoms with Gasteiger partial charge in [-0.3, -0.25) is 9.59 Å². The van der Waals surface area contributed by atoms with E-state index in [2.05, 4.69) is 15.3 Å². The summed E-state index contributed by atoms with van der Waals surface area (Å²) in [6, 6.07) is 13.5. The summed E-state index contributed by atoms with van der Waals surface area (Å²) in [5, 5.41) is 23.4. The Morgan fingerprint density at radius 1 is 1.23 bits per heavy atom. The standard InChI is InChI=1S/C22H24N4O5/c1-31-17-11-5-4-10-16(17)26-12-6-9-15(22(26)30)25-21(29)19(28)18(27)20-23-13-7-2-3-8-14(13)24-20/h2-5,7-8,10-11,15,18-19,27-28H,6,9,12H2,1H3,(H,23,24)(H,25,29). The summed E-state index contributed by atoms with van der Waals surface area (Å²) in [6.45, 7) is 0.496. The van der Waals surface area contributed by atoms with Crippen molar-refractivity contribution in [2.45, 2.75) is 31.1 Å². The number of benzene rings is 2. The molecule has 0 aliphatic carbocycles. The van der Waals surface area contributed by atoms with Gasteiger partial charge in [0.25, 0.3) is 5.91 Å². The third kappa shape index (κ3) is 4.10. The van der Waals surface area contributed by atoms with Crippen molar-refractivity contribution in [1.82, 2.24) is 15.3 Å². The van der Waals surface area contributed by atoms with Crippen LogP contribution in [-0.4, -0.2) is 57.8 Å². The maximum Gasteiger partial charge on any atom is 0.252 e. The first kappa shape index (κ1) is 20.8. The Labute approximate surface area is 178 Å². The second kappa shape index (κ2) is 8.75. The topological polar surface area (TPSA) is 128 Å². The zero-order valence-electron chi connectivity index (χ0n) is 17.0. The van der Waals surface area contributed by atoms with E-state index in [1.807, 2.05) is 12.1 Å². The number of anilines is 1. The zero-order valence-corrected chi connectivity index (χ0v) is 17.0. The number of methoxy groups -OCH3 is 1. The van der Waals surface area contributed by atoms with Crippen molar-refractivity contribution in [1.29, 1.82) is 0 Å². The van der Waals surface area contributed by atoms with Gasteiger partial charge in [0.1, 0.15) is 23.7 Å². The highest BCUT2D eigenvalue weighted by Gasteiger charge is 2.35. The Hall–Kier alpha value is -3.43. The number of para-hydroxylation sites is 4. The highest BCUT2D eigenvalue weighted by Crippen LogP contribution is 2.30. The lowest BCUT2D eigenvalue weighted by molar-refractivity contribution is -0.139. The predicted octanol–water partition coefficient (Wildman–Crippen LogP) is 1.28. The van der Waals surface area contributed by atoms with Gasteiger partial charge < -0.3 is 30.2 Å². The van der Waals surface area contributed by atoms with E-state index >= 15 is 0 Å². The van der Waals surface area contributed by atoms with Crippen LogP contribution >= 0.6 is 0 Å². The Morgan fingerprint density at radius 3 is 2.74 bits per heavy atom. The molecule has 1 saturated heterocycles. The van der Waals surface area contributed by atoms with Crippen LogP contribution in [0.15, 0.2) is 48.5 Å². The number of nitrogens with zero attached hydrogens (tertiary/aromatic N) is 2. The molecule has 0 radical (unpaired) electrons. The van der Waals surface area contributed by atoms with Crippen LogP contribution in [0.3, 0.4) is 0 Å². The van der Waals surface area contributed by atoms with E-state index in [1.165, 1.54) is 7.11 Å². The molecule has 1 aromatic heterocycles. The van der Waals surface area contributed by atoms with Crippen molar-refractivity contribution < 1.29 is 24.5 Å². The molecule has 1 aliphatic rings. The fraction of sp³-hybridized carbons (Fsp3) is 0.318. The van der Waals surface area contributed by atoms with Crippen LogP contribution in [0.25, 0.3) is 11.0 Å². The average Bonchev–Trinajstić information content (AvgIpc) is 3.23. The van der Waals surface area contributed by atoms with Crippen molar-refractivity contribution in [3.05, 3.63) is 54.4 Å². The summed E-state index contributed by atoms with van der Waals surface area (Å²) in [5.41, 5.74) is 1.91. The molecule has 0 bridgehead atoms. The van der Waals surface area contributed by atoms with Gasteiger partial charge in [0, 0.05) is 6.54 Å². The van der Waals surface area contributed by atoms with E-state index in [0.29, 0.717) is 41.9 Å². The normalized spacial score (nSPS) is 18.6. The number of H-pyrrole nitrogens is 1. The lowest BCUT2D eigenvalue weighted by Crippen LogP contribution is -2.55. The van der Waals surface area contributed by atoms with Crippen LogP contribution in [0.2, 0.25) is 0 Å². The first-order valence-corrected chi connectivity index (χ1v) is 10.0. The van der Waals surface area contributed by atoms with Gasteiger partial charge in [0.15, 0.2) is 6.10 Å². The number of nitrogens with one attached hydrogen (secondary N) is 2. The second-order valence-electron chi connectivity index (χ2n) is 7.39. The number of carbonyl (C=O) groups is 2. The summed E-state index contributed by atoms with van der Waals surface area (Å²) < 4.78 is 5.34. The molecule has 0 spiro atoms. The van der Waals surface area contributed by atoms with Crippen molar-refractivity contribution in [3.63, 3.8) is 0 Å². The van der Waals surface area contributed by atoms with E-state index in [1.54, 1.807) is 41.3 Å². The molecule has 2 amide bonds. The van der Waals surface area contributed by atoms with Crippen LogP contribution in [0.4, 0.5) is 5.69 Å². The fourth-order valence-corrected chi connectivity index (χ4v) is 3.76. The van der Waals surface area contributed by atoms with E-state index in [0.717, 1.165) is 0 Å². The number of aliphatic hydroxyl groups is 2. The number of aliphatic hydroxyl groups excluding tert-OH is 2. The first-order valence-electron chi connectivity index (χ1n) is 10.0. The Morgan fingerprint density at radius 2 is 1.97 bits per heavy atom. The van der Waals surface area contributed by atoms with E-state index in [-0.39, 0.29) is 11.7 Å². The van der Waals surface area contributed by atoms with Crippen molar-refractivity contribution in [2.75, 3.05) is 18.6 Å². The van der Waals surface area contributed by atoms with Crippen LogP contribution in [-0.2, 0) is 9.59 Å². The maximum atomic E-state index is 13.0. The summed E-state index contributed by atoms with van der Waals surface area (Å²) >= 11 is 0. The highest BCUT2D eigenvalue weighted by atomic mass is 16.5. The minimum atomic E-state index is -1.78. The van der Waals surface area contributed by atoms with E-state index in [4.69, 9.17) is 4.74 Å². The second-order valence-corrected chi connectivity index (χ2v) is 7.39. The molecule has 0 saturated carbocycles. The molecule has 162 valence electrons. The molecule has 3 atom stereocenters. The SMILES string of the molecule is COc1ccccc1N1CCCC(NC(=O)C(O)C(O)c2nc3ccccc3[nH]2)C1=O. The largest absolute Gasteiger partial charge is 0.495 e. The highest BCUT2D eigenvalue weighted by molar-refractivity contribution is 6.01. The summed E-state index contributed by atoms with van der Waals surface area (Å²) in [6.07, 6.45) is -2.24. The van der Waals surface area contributed by atoms with Gasteiger partial charge in [-0.15, -0.1) is 0 Å². The molecular formula is C22H24N4O5. The predicted molar refractivity (Wildman–Crippen MR) is 114 cm³/mol. The molecule has 31 heavy (non-hydrogen) atoms. The maximum absolute atomic E-state index is 13.0. The lowest BCUT2D eigenvalue weighted by atomic mass is 10.0. The molecule has 4 N–H and O–H groups in total. The van der Waals surface area contributed by atoms with Crippen LogP contribution in [0.1, 0.15) is 24.8 Å². The quantitative estimate of drug-likeness (QED) is 0.472. The smallest absolute Gasteiger partial charge is 0.252 e. The van der Waals surface area contributed by atoms with Crippen molar-refractivity contribution >= 4 is 28.5 Å². The number of hydrogen-bond donors (Lipinski definition) is 4. The number of aromatic amines is 1. The molecule has 2 heterocycles. The number of ether oxygens (including phenoxy) is 1. The summed E-state index contributed by atoms with van der Waals surface area (Å²) in [5.74, 6) is -0.500. The number of hydrogen-bond acceptors (Lipinski definition) is 6. The monoisotopic (exact) mass is 424 g/mol. The van der Waals surface area contributed by atoms with Gasteiger partial charge in [-0.1, -0.05) is 24.3 Å². The molecule has 2 aromatic carbocycles. The average molecular weight is 424 g/mol. The minimum absolute atomic E-state index is 0.0782. The Bertz CT molecular complexity index is 1070. The van der Waals surface area contributed by atoms with Crippen LogP contribution < -0.4 is 15.0 Å². The zero-order chi connectivity index (χ0) is 22.0. The van der Waals surface area contributed by atoms with Gasteiger partial charge >= 0.3 is 0 Å². The molecule has 1 aliphatic heterocycles. The first-order chi connectivity index (χ1) is 15.0. The number of carbonyl (C=O) groups excluding carboxylic acids is 2. The van der Waals surface area contributed by atoms with Crippen LogP contribution in [0, 0.1) is 0 Å². The molecule has 3 unspecified atom stereocenters. The summed E-state index contributed by atoms with van der Waals surface area (Å²) in [7, 11) is 1.53. The molecule has 3 aromatic rings. The Kier molecular flexibility index (Phi) is 5.88. The third-order valence-electron chi connectivity index (χ3n) is 5.39. The van der Waals surface area contributed by atoms with E-state index < -0.39 is 24.2 Å². The number of rotatable bonds is 6. The number of piperidine rings is 1. The van der Waals surface area contributed by atoms with Gasteiger partial charge in [0.2, 0.25) is 5.91 Å². The minimum Gasteiger partial charge on any atom is -0.495 e. The lowest BCUT2D eigenvalue weighted by Gasteiger charge is -2.33. The van der Waals surface area contributed by atoms with Crippen molar-refractivity contribution in [3.8, 4) is 5.75 Å². The van der Waals surface area contributed by atoms with E-state index in [9.17, 15) is 19.8 Å². The van der Waals surface area contributed by atoms with Gasteiger partial charge in [-0.05, 0) is 37.1 Å². The molecule has 9 heteroatoms. The van der Waals surface area contributed by atoms with Crippen LogP contribution in [0.5, 0.6) is 5.75 Å². The number of amides is 2. The third-order valence-corrected chi connectivity index (χ3v) is 5.39. The molecular weight excluding hydrogens is 400 g/mol. The van der Waals surface area contributed by atoms with Gasteiger partial charge in [-0.25, -0.2) is 4.98 Å². The molecule has 9 nitrogen and oxygen atoms in total. The fourth-order valence-electron chi connectivity index (χ4n) is 3.76. The number of aromatic nitrogens is 2. The Balaban J connectivity index is 1.46. The van der Waals surface area contributed by atoms with Crippen molar-refractivity contribution in [2.24, 2.45) is 0 Å². The number of fused-ring (bicyclic) bond motifs is 1. The number of imidazole rings is 1. The van der Waals surface area contributed by atoms with Gasteiger partial charge in [0.05, 0.1) is 23.8 Å².